The van der Waals surface area contributed by atoms with E-state index in [2.05, 4.69) is 100 Å². The van der Waals surface area contributed by atoms with Gasteiger partial charge in [0, 0.05) is 181 Å². The number of aromatic nitrogens is 12. The van der Waals surface area contributed by atoms with E-state index in [1.807, 2.05) is 100 Å². The standard InChI is InChI=1S/C27H24Cl2N6OS.C26H26Cl2N6O3S2.C26H22Cl2N6S.C25H24Cl2N6O2S2/c28-19-4-1-5-21(23(19)29)37-24-16(13-30)11-22(35-17(15-36)14-33-26(24)35)34-9-6-27(7-10-34)12-20-18(25(27)31)3-2-8-32-20;27-17-4-1-5-19(22(17)28)38-23-20(39(30,36)37)11-21(34-15(14-35)13-32-25(23)34)33-9-6-26(7-10-33)12-18-16(24(26)29)3-2-8-31-18;27-18-4-1-5-20(22(18)28)35-23-16(15-29)13-21(34-12-9-32-25(23)34)33-10-6-26(7-11-33)14-19-17(24(26)30)3-2-8-31-19;26-16-4-1-5-18(21(16)27)36-22-19(37(29,34)35)13-20(33-12-9-31-24(22)33)32-10-6-25(7-11-32)14-17-15(23(25)28)3-2-8-30-17/h1-5,8,11,14,25,36H,6-7,9-10,12,15,31H2;1-5,8,11,13,24,35H,6-7,9-10,12,14,29H2,(H2,30,36,37);1-5,8-9,12-13,24H,6-7,10-11,14,30H2;1-5,8-9,12-13,23H,6-7,10-11,14,28H2,(H2,29,34,35)/t25-;2*24-;23-/m1111/s1. The Morgan fingerprint density at radius 1 is 0.351 bits per heavy atom. The average Bonchev–Trinajstić information content (AvgIpc) is 1.07. The Morgan fingerprint density at radius 2 is 0.622 bits per heavy atom. The molecule has 0 bridgehead atoms. The minimum absolute atomic E-state index is 0.00305. The molecule has 4 saturated heterocycles. The van der Waals surface area contributed by atoms with Gasteiger partial charge in [-0.05, 0) is 206 Å². The number of nitrogens with two attached hydrogens (primary N) is 6. The van der Waals surface area contributed by atoms with Crippen LogP contribution >= 0.6 is 140 Å². The quantitative estimate of drug-likeness (QED) is 0.0445. The minimum Gasteiger partial charge on any atom is -0.390 e. The van der Waals surface area contributed by atoms with Crippen LogP contribution in [0.25, 0.3) is 22.6 Å². The maximum atomic E-state index is 12.9. The minimum atomic E-state index is -4.16. The Morgan fingerprint density at radius 3 is 0.932 bits per heavy atom. The number of imidazole rings is 4. The van der Waals surface area contributed by atoms with Gasteiger partial charge in [-0.15, -0.1) is 0 Å². The lowest BCUT2D eigenvalue weighted by Gasteiger charge is -2.43. The van der Waals surface area contributed by atoms with Gasteiger partial charge >= 0.3 is 0 Å². The normalized spacial score (nSPS) is 18.7. The third-order valence-corrected chi connectivity index (χ3v) is 41.0. The zero-order chi connectivity index (χ0) is 103. The van der Waals surface area contributed by atoms with E-state index in [-0.39, 0.29) is 68.8 Å². The topological polar surface area (TPSA) is 446 Å². The molecule has 0 unspecified atom stereocenters. The Hall–Kier alpha value is -10.3. The highest BCUT2D eigenvalue weighted by Gasteiger charge is 2.52. The molecule has 8 aliphatic rings. The highest BCUT2D eigenvalue weighted by molar-refractivity contribution is 8.01. The SMILES string of the molecule is N#Cc1cc(N2CCC3(CC2)Cc2ncccc2[C@H]3N)n2c(CO)cnc2c1Sc1cccc(Cl)c1Cl.N#Cc1cc(N2CCC3(CC2)Cc2ncccc2[C@H]3N)n2ccnc2c1Sc1cccc(Cl)c1Cl.N[C@@H]1c2cccnc2CC12CCN(c1cc(S(N)(=O)=O)c(Sc3cccc(Cl)c3Cl)c3ncc(CO)n13)CC2.N[C@@H]1c2cccnc2CC12CCN(c1cc(S(N)(=O)=O)c(Sc3cccc(Cl)c3Cl)c3nccn13)CC2. The molecule has 0 saturated carbocycles. The van der Waals surface area contributed by atoms with Gasteiger partial charge in [0.25, 0.3) is 0 Å². The predicted molar refractivity (Wildman–Crippen MR) is 582 cm³/mol. The molecule has 4 spiro atoms. The Balaban J connectivity index is 0.000000116. The van der Waals surface area contributed by atoms with Crippen LogP contribution in [0.3, 0.4) is 0 Å². The third kappa shape index (κ3) is 19.0. The lowest BCUT2D eigenvalue weighted by molar-refractivity contribution is 0.186. The second-order valence-corrected chi connectivity index (χ2v) is 48.8. The van der Waals surface area contributed by atoms with Gasteiger partial charge in [0.15, 0.2) is 22.6 Å². The number of pyridine rings is 8. The van der Waals surface area contributed by atoms with Crippen molar-refractivity contribution >= 4 is 206 Å². The van der Waals surface area contributed by atoms with Crippen LogP contribution in [0.5, 0.6) is 0 Å². The van der Waals surface area contributed by atoms with Crippen LogP contribution in [0.1, 0.15) is 143 Å². The highest BCUT2D eigenvalue weighted by atomic mass is 35.5. The molecule has 4 aromatic carbocycles. The van der Waals surface area contributed by atoms with Gasteiger partial charge in [0.2, 0.25) is 20.0 Å². The van der Waals surface area contributed by atoms with Crippen molar-refractivity contribution in [1.29, 1.82) is 10.5 Å². The number of hydrogen-bond acceptors (Lipinski definition) is 28. The third-order valence-electron chi connectivity index (χ3n) is 30.5. The molecule has 16 heterocycles. The first kappa shape index (κ1) is 103. The van der Waals surface area contributed by atoms with E-state index < -0.39 is 20.0 Å². The van der Waals surface area contributed by atoms with Crippen molar-refractivity contribution in [2.24, 2.45) is 54.9 Å². The van der Waals surface area contributed by atoms with E-state index >= 15 is 0 Å². The van der Waals surface area contributed by atoms with Gasteiger partial charge in [-0.1, -0.05) is 188 Å². The Labute approximate surface area is 910 Å². The summed E-state index contributed by atoms with van der Waals surface area (Å²) in [7, 11) is -8.24. The monoisotopic (exact) mass is 2250 g/mol. The first-order valence-corrected chi connectivity index (χ1v) is 57.0. The van der Waals surface area contributed by atoms with Crippen LogP contribution in [0.2, 0.25) is 40.2 Å². The lowest BCUT2D eigenvalue weighted by Crippen LogP contribution is -2.45. The summed E-state index contributed by atoms with van der Waals surface area (Å²) < 4.78 is 59.1. The number of primary sulfonamides is 2. The van der Waals surface area contributed by atoms with Crippen LogP contribution < -0.4 is 52.8 Å². The van der Waals surface area contributed by atoms with E-state index in [0.29, 0.717) is 136 Å². The molecule has 30 nitrogen and oxygen atoms in total. The summed E-state index contributed by atoms with van der Waals surface area (Å²) >= 11 is 55.6. The second-order valence-electron chi connectivity index (χ2n) is 38.4. The van der Waals surface area contributed by atoms with Crippen molar-refractivity contribution in [1.82, 2.24) is 57.5 Å². The molecule has 760 valence electrons. The fourth-order valence-corrected chi connectivity index (χ4v) is 30.6. The summed E-state index contributed by atoms with van der Waals surface area (Å²) in [6.07, 6.45) is 28.3. The molecule has 44 heteroatoms. The fraction of sp³-hybridized carbons (Fsp3) is 0.288. The molecule has 16 aromatic rings. The van der Waals surface area contributed by atoms with E-state index in [0.717, 1.165) is 192 Å². The van der Waals surface area contributed by atoms with Crippen LogP contribution in [0.15, 0.2) is 257 Å². The Kier molecular flexibility index (Phi) is 29.2. The summed E-state index contributed by atoms with van der Waals surface area (Å²) in [5, 5.41) is 55.1. The number of nitriles is 2. The molecule has 14 N–H and O–H groups in total. The van der Waals surface area contributed by atoms with E-state index in [1.54, 1.807) is 89.9 Å². The Bertz CT molecular complexity index is 8290. The number of piperidine rings is 4. The molecule has 12 aromatic heterocycles. The zero-order valence-electron chi connectivity index (χ0n) is 79.0. The number of benzene rings is 4. The number of sulfonamides is 2. The summed E-state index contributed by atoms with van der Waals surface area (Å²) in [6.45, 7) is 5.50. The molecule has 24 rings (SSSR count). The fourth-order valence-electron chi connectivity index (χ4n) is 22.5. The average molecular weight is 2250 g/mol. The molecule has 4 aliphatic carbocycles. The number of aliphatic hydroxyl groups is 2. The van der Waals surface area contributed by atoms with Crippen LogP contribution in [0.4, 0.5) is 23.3 Å². The number of anilines is 4. The maximum Gasteiger partial charge on any atom is 0.239 e. The van der Waals surface area contributed by atoms with Crippen LogP contribution in [-0.2, 0) is 58.9 Å². The first-order chi connectivity index (χ1) is 71.3. The second kappa shape index (κ2) is 41.7. The number of fused-ring (bicyclic) bond motifs is 8. The predicted octanol–water partition coefficient (Wildman–Crippen LogP) is 20.1. The van der Waals surface area contributed by atoms with Crippen LogP contribution in [-0.4, -0.2) is 137 Å². The van der Waals surface area contributed by atoms with E-state index in [4.69, 9.17) is 126 Å². The lowest BCUT2D eigenvalue weighted by atomic mass is 9.73. The van der Waals surface area contributed by atoms with Crippen molar-refractivity contribution in [3.63, 3.8) is 0 Å². The van der Waals surface area contributed by atoms with Gasteiger partial charge in [0.1, 0.15) is 45.2 Å². The number of halogens is 8. The van der Waals surface area contributed by atoms with E-state index in [1.165, 1.54) is 47.0 Å². The molecule has 148 heavy (non-hydrogen) atoms. The molecular weight excluding hydrogens is 2160 g/mol. The van der Waals surface area contributed by atoms with Crippen molar-refractivity contribution in [2.45, 2.75) is 163 Å². The summed E-state index contributed by atoms with van der Waals surface area (Å²) in [4.78, 5) is 50.1. The summed E-state index contributed by atoms with van der Waals surface area (Å²) in [5.74, 6) is 3.11. The van der Waals surface area contributed by atoms with Crippen molar-refractivity contribution < 1.29 is 27.0 Å². The van der Waals surface area contributed by atoms with E-state index in [9.17, 15) is 37.6 Å². The molecule has 4 aliphatic heterocycles. The molecule has 0 radical (unpaired) electrons. The largest absolute Gasteiger partial charge is 0.390 e. The van der Waals surface area contributed by atoms with Gasteiger partial charge in [-0.3, -0.25) is 37.5 Å². The molecular formula is C104H96Cl8N24O6S6. The first-order valence-electron chi connectivity index (χ1n) is 47.7. The van der Waals surface area contributed by atoms with Crippen molar-refractivity contribution in [2.75, 3.05) is 72.0 Å². The number of nitrogens with zero attached hydrogens (tertiary/aromatic N) is 18. The number of hydrogen-bond donors (Lipinski definition) is 8. The van der Waals surface area contributed by atoms with Gasteiger partial charge in [-0.2, -0.15) is 10.5 Å². The van der Waals surface area contributed by atoms with Crippen molar-refractivity contribution in [3.05, 3.63) is 315 Å². The van der Waals surface area contributed by atoms with Gasteiger partial charge < -0.3 is 52.7 Å². The molecule has 0 amide bonds. The number of rotatable bonds is 16. The van der Waals surface area contributed by atoms with Crippen molar-refractivity contribution in [3.8, 4) is 12.1 Å². The highest BCUT2D eigenvalue weighted by Crippen LogP contribution is 2.58. The van der Waals surface area contributed by atoms with Gasteiger partial charge in [0.05, 0.1) is 108 Å². The smallest absolute Gasteiger partial charge is 0.239 e. The maximum absolute atomic E-state index is 12.9. The van der Waals surface area contributed by atoms with Crippen LogP contribution in [0, 0.1) is 44.3 Å². The van der Waals surface area contributed by atoms with Gasteiger partial charge in [-0.25, -0.2) is 47.0 Å². The zero-order valence-corrected chi connectivity index (χ0v) is 90.0. The number of aliphatic hydroxyl groups excluding tert-OH is 2. The summed E-state index contributed by atoms with van der Waals surface area (Å²) in [6, 6.07) is 49.0. The molecule has 4 atom stereocenters. The molecule has 4 fully saturated rings. The summed E-state index contributed by atoms with van der Waals surface area (Å²) in [5.41, 5.74) is 40.2.